The van der Waals surface area contributed by atoms with Gasteiger partial charge in [0.05, 0.1) is 26.9 Å². The lowest BCUT2D eigenvalue weighted by molar-refractivity contribution is 0.0485. The van der Waals surface area contributed by atoms with E-state index in [0.29, 0.717) is 37.0 Å². The highest BCUT2D eigenvalue weighted by atomic mass is 16.6. The van der Waals surface area contributed by atoms with Crippen LogP contribution in [-0.2, 0) is 4.74 Å². The number of ether oxygens (including phenoxy) is 4. The first-order valence-electron chi connectivity index (χ1n) is 5.88. The van der Waals surface area contributed by atoms with Crippen LogP contribution in [0.4, 0.5) is 0 Å². The Kier molecular flexibility index (Phi) is 6.32. The monoisotopic (exact) mass is 255 g/mol. The van der Waals surface area contributed by atoms with E-state index < -0.39 is 0 Å². The average molecular weight is 255 g/mol. The van der Waals surface area contributed by atoms with Crippen molar-refractivity contribution in [3.63, 3.8) is 0 Å². The highest BCUT2D eigenvalue weighted by Gasteiger charge is 2.11. The van der Waals surface area contributed by atoms with Gasteiger partial charge in [-0.15, -0.1) is 0 Å². The van der Waals surface area contributed by atoms with E-state index in [1.165, 1.54) is 0 Å². The van der Waals surface area contributed by atoms with Crippen molar-refractivity contribution in [1.29, 1.82) is 0 Å². The molecule has 0 radical (unpaired) electrons. The molecule has 0 bridgehead atoms. The van der Waals surface area contributed by atoms with E-state index >= 15 is 0 Å². The van der Waals surface area contributed by atoms with Crippen molar-refractivity contribution in [1.82, 2.24) is 0 Å². The van der Waals surface area contributed by atoms with Crippen LogP contribution in [0, 0.1) is 0 Å². The Labute approximate surface area is 108 Å². The zero-order valence-corrected chi connectivity index (χ0v) is 11.1. The molecule has 0 aliphatic rings. The summed E-state index contributed by atoms with van der Waals surface area (Å²) in [6.07, 6.45) is 0.0353. The third-order valence-electron chi connectivity index (χ3n) is 2.45. The highest BCUT2D eigenvalue weighted by Crippen LogP contribution is 2.36. The second-order valence-electron chi connectivity index (χ2n) is 3.76. The molecule has 0 fully saturated rings. The van der Waals surface area contributed by atoms with Crippen molar-refractivity contribution in [3.05, 3.63) is 18.2 Å². The van der Waals surface area contributed by atoms with Gasteiger partial charge in [-0.1, -0.05) is 6.07 Å². The zero-order valence-electron chi connectivity index (χ0n) is 11.1. The Morgan fingerprint density at radius 1 is 1.11 bits per heavy atom. The van der Waals surface area contributed by atoms with Gasteiger partial charge in [-0.3, -0.25) is 0 Å². The smallest absolute Gasteiger partial charge is 0.203 e. The molecule has 2 N–H and O–H groups in total. The van der Waals surface area contributed by atoms with Crippen LogP contribution in [0.3, 0.4) is 0 Å². The Morgan fingerprint density at radius 3 is 2.22 bits per heavy atom. The van der Waals surface area contributed by atoms with Crippen molar-refractivity contribution in [2.75, 3.05) is 34.0 Å². The molecule has 5 heteroatoms. The lowest BCUT2D eigenvalue weighted by atomic mass is 10.3. The van der Waals surface area contributed by atoms with Gasteiger partial charge in [-0.2, -0.15) is 0 Å². The summed E-state index contributed by atoms with van der Waals surface area (Å²) in [5, 5.41) is 0. The summed E-state index contributed by atoms with van der Waals surface area (Å²) >= 11 is 0. The molecule has 0 saturated carbocycles. The number of hydrogen-bond acceptors (Lipinski definition) is 5. The van der Waals surface area contributed by atoms with Gasteiger partial charge < -0.3 is 24.7 Å². The molecule has 0 amide bonds. The molecule has 5 nitrogen and oxygen atoms in total. The fourth-order valence-electron chi connectivity index (χ4n) is 1.42. The van der Waals surface area contributed by atoms with Gasteiger partial charge in [-0.05, 0) is 19.1 Å². The third kappa shape index (κ3) is 4.09. The summed E-state index contributed by atoms with van der Waals surface area (Å²) in [7, 11) is 3.18. The zero-order chi connectivity index (χ0) is 13.4. The fraction of sp³-hybridized carbons (Fsp3) is 0.538. The van der Waals surface area contributed by atoms with Gasteiger partial charge in [-0.25, -0.2) is 0 Å². The van der Waals surface area contributed by atoms with Crippen LogP contribution < -0.4 is 19.9 Å². The van der Waals surface area contributed by atoms with Crippen LogP contribution >= 0.6 is 0 Å². The maximum Gasteiger partial charge on any atom is 0.203 e. The molecular weight excluding hydrogens is 234 g/mol. The summed E-state index contributed by atoms with van der Waals surface area (Å²) in [5.41, 5.74) is 5.45. The van der Waals surface area contributed by atoms with Crippen molar-refractivity contribution in [2.45, 2.75) is 13.0 Å². The quantitative estimate of drug-likeness (QED) is 0.712. The number of hydrogen-bond donors (Lipinski definition) is 1. The van der Waals surface area contributed by atoms with Gasteiger partial charge in [0, 0.05) is 6.54 Å². The molecule has 102 valence electrons. The molecule has 1 atom stereocenters. The van der Waals surface area contributed by atoms with Crippen LogP contribution in [0.25, 0.3) is 0 Å². The van der Waals surface area contributed by atoms with Crippen molar-refractivity contribution < 1.29 is 18.9 Å². The SMILES string of the molecule is COc1cccc(OC)c1OCCOC(C)CN. The molecule has 1 aromatic carbocycles. The van der Waals surface area contributed by atoms with Gasteiger partial charge >= 0.3 is 0 Å². The second-order valence-corrected chi connectivity index (χ2v) is 3.76. The Balaban J connectivity index is 2.55. The van der Waals surface area contributed by atoms with E-state index in [0.717, 1.165) is 0 Å². The van der Waals surface area contributed by atoms with Crippen molar-refractivity contribution in [2.24, 2.45) is 5.73 Å². The predicted molar refractivity (Wildman–Crippen MR) is 69.5 cm³/mol. The third-order valence-corrected chi connectivity index (χ3v) is 2.45. The largest absolute Gasteiger partial charge is 0.493 e. The molecule has 0 spiro atoms. The Hall–Kier alpha value is -1.46. The Morgan fingerprint density at radius 2 is 1.72 bits per heavy atom. The van der Waals surface area contributed by atoms with E-state index in [2.05, 4.69) is 0 Å². The summed E-state index contributed by atoms with van der Waals surface area (Å²) in [6.45, 7) is 3.31. The molecule has 0 heterocycles. The first-order chi connectivity index (χ1) is 8.72. The summed E-state index contributed by atoms with van der Waals surface area (Å²) in [4.78, 5) is 0. The second kappa shape index (κ2) is 7.79. The molecule has 1 rings (SSSR count). The maximum atomic E-state index is 5.63. The minimum atomic E-state index is 0.0353. The minimum Gasteiger partial charge on any atom is -0.493 e. The summed E-state index contributed by atoms with van der Waals surface area (Å²) < 4.78 is 21.5. The van der Waals surface area contributed by atoms with Crippen LogP contribution in [0.5, 0.6) is 17.2 Å². The molecule has 0 aromatic heterocycles. The van der Waals surface area contributed by atoms with Gasteiger partial charge in [0.2, 0.25) is 5.75 Å². The molecular formula is C13H21NO4. The number of methoxy groups -OCH3 is 2. The van der Waals surface area contributed by atoms with Crippen LogP contribution in [0.15, 0.2) is 18.2 Å². The van der Waals surface area contributed by atoms with E-state index in [9.17, 15) is 0 Å². The van der Waals surface area contributed by atoms with Crippen LogP contribution in [0.2, 0.25) is 0 Å². The fourth-order valence-corrected chi connectivity index (χ4v) is 1.42. The van der Waals surface area contributed by atoms with E-state index in [-0.39, 0.29) is 6.10 Å². The van der Waals surface area contributed by atoms with Gasteiger partial charge in [0.25, 0.3) is 0 Å². The maximum absolute atomic E-state index is 5.63. The van der Waals surface area contributed by atoms with Crippen LogP contribution in [0.1, 0.15) is 6.92 Å². The molecule has 1 unspecified atom stereocenters. The summed E-state index contributed by atoms with van der Waals surface area (Å²) in [6, 6.07) is 5.49. The van der Waals surface area contributed by atoms with Gasteiger partial charge in [0.15, 0.2) is 11.5 Å². The Bertz CT molecular complexity index is 335. The minimum absolute atomic E-state index is 0.0353. The molecule has 1 aromatic rings. The first-order valence-corrected chi connectivity index (χ1v) is 5.88. The average Bonchev–Trinajstić information content (AvgIpc) is 2.42. The summed E-state index contributed by atoms with van der Waals surface area (Å²) in [5.74, 6) is 1.87. The normalized spacial score (nSPS) is 12.0. The molecule has 0 aliphatic heterocycles. The lowest BCUT2D eigenvalue weighted by Gasteiger charge is -2.15. The van der Waals surface area contributed by atoms with Gasteiger partial charge in [0.1, 0.15) is 6.61 Å². The molecule has 0 aliphatic carbocycles. The lowest BCUT2D eigenvalue weighted by Crippen LogP contribution is -2.22. The topological polar surface area (TPSA) is 62.9 Å². The van der Waals surface area contributed by atoms with Crippen molar-refractivity contribution >= 4 is 0 Å². The van der Waals surface area contributed by atoms with E-state index in [4.69, 9.17) is 24.7 Å². The van der Waals surface area contributed by atoms with E-state index in [1.54, 1.807) is 14.2 Å². The van der Waals surface area contributed by atoms with Crippen molar-refractivity contribution in [3.8, 4) is 17.2 Å². The molecule has 0 saturated heterocycles. The number of para-hydroxylation sites is 1. The predicted octanol–water partition coefficient (Wildman–Crippen LogP) is 1.45. The number of benzene rings is 1. The number of nitrogens with two attached hydrogens (primary N) is 1. The van der Waals surface area contributed by atoms with Crippen LogP contribution in [-0.4, -0.2) is 40.1 Å². The standard InChI is InChI=1S/C13H21NO4/c1-10(9-14)17-7-8-18-13-11(15-2)5-4-6-12(13)16-3/h4-6,10H,7-9,14H2,1-3H3. The molecule has 18 heavy (non-hydrogen) atoms. The highest BCUT2D eigenvalue weighted by molar-refractivity contribution is 5.51. The first kappa shape index (κ1) is 14.6. The van der Waals surface area contributed by atoms with E-state index in [1.807, 2.05) is 25.1 Å². The number of rotatable bonds is 8.